The van der Waals surface area contributed by atoms with Crippen molar-refractivity contribution in [2.75, 3.05) is 6.61 Å². The van der Waals surface area contributed by atoms with Crippen molar-refractivity contribution in [2.24, 2.45) is 0 Å². The maximum Gasteiger partial charge on any atom is 0.220 e. The van der Waals surface area contributed by atoms with Crippen LogP contribution in [0.15, 0.2) is 48.5 Å². The highest BCUT2D eigenvalue weighted by atomic mass is 35.5. The highest BCUT2D eigenvalue weighted by molar-refractivity contribution is 6.30. The van der Waals surface area contributed by atoms with Crippen LogP contribution in [0.3, 0.4) is 0 Å². The van der Waals surface area contributed by atoms with Gasteiger partial charge in [0, 0.05) is 11.4 Å². The number of carbonyl (C=O) groups is 1. The van der Waals surface area contributed by atoms with Crippen molar-refractivity contribution in [1.82, 2.24) is 5.32 Å². The number of ether oxygens (including phenoxy) is 1. The SMILES string of the molecule is C[C@@H](NC(=O)CCCOc1ccc(Cl)cc1)c1ccc(C(C)(C)C)cc1. The number of halogens is 1. The summed E-state index contributed by atoms with van der Waals surface area (Å²) in [5, 5.41) is 3.73. The van der Waals surface area contributed by atoms with Gasteiger partial charge in [-0.15, -0.1) is 0 Å². The molecule has 0 saturated heterocycles. The predicted molar refractivity (Wildman–Crippen MR) is 108 cm³/mol. The molecule has 0 aliphatic carbocycles. The number of carbonyl (C=O) groups excluding carboxylic acids is 1. The third-order valence-electron chi connectivity index (χ3n) is 4.28. The molecule has 140 valence electrons. The van der Waals surface area contributed by atoms with Gasteiger partial charge in [0.25, 0.3) is 0 Å². The first-order chi connectivity index (χ1) is 12.3. The number of amides is 1. The van der Waals surface area contributed by atoms with Crippen molar-refractivity contribution in [3.8, 4) is 5.75 Å². The number of nitrogens with one attached hydrogen (secondary N) is 1. The largest absolute Gasteiger partial charge is 0.494 e. The summed E-state index contributed by atoms with van der Waals surface area (Å²) < 4.78 is 5.61. The van der Waals surface area contributed by atoms with E-state index in [1.807, 2.05) is 19.1 Å². The second-order valence-electron chi connectivity index (χ2n) is 7.57. The molecule has 0 bridgehead atoms. The van der Waals surface area contributed by atoms with E-state index in [0.29, 0.717) is 24.5 Å². The van der Waals surface area contributed by atoms with Crippen LogP contribution in [0, 0.1) is 0 Å². The van der Waals surface area contributed by atoms with E-state index in [4.69, 9.17) is 16.3 Å². The van der Waals surface area contributed by atoms with Gasteiger partial charge in [-0.3, -0.25) is 4.79 Å². The van der Waals surface area contributed by atoms with E-state index in [-0.39, 0.29) is 17.4 Å². The van der Waals surface area contributed by atoms with Crippen molar-refractivity contribution in [1.29, 1.82) is 0 Å². The van der Waals surface area contributed by atoms with Gasteiger partial charge >= 0.3 is 0 Å². The minimum Gasteiger partial charge on any atom is -0.494 e. The summed E-state index contributed by atoms with van der Waals surface area (Å²) in [4.78, 5) is 12.1. The lowest BCUT2D eigenvalue weighted by Crippen LogP contribution is -2.26. The molecule has 0 aliphatic rings. The van der Waals surface area contributed by atoms with Gasteiger partial charge in [0.2, 0.25) is 5.91 Å². The van der Waals surface area contributed by atoms with Crippen molar-refractivity contribution >= 4 is 17.5 Å². The quantitative estimate of drug-likeness (QED) is 0.634. The molecule has 1 amide bonds. The van der Waals surface area contributed by atoms with E-state index in [0.717, 1.165) is 11.3 Å². The first-order valence-corrected chi connectivity index (χ1v) is 9.41. The summed E-state index contributed by atoms with van der Waals surface area (Å²) in [6.45, 7) is 9.09. The van der Waals surface area contributed by atoms with Gasteiger partial charge in [-0.25, -0.2) is 0 Å². The third-order valence-corrected chi connectivity index (χ3v) is 4.54. The number of benzene rings is 2. The monoisotopic (exact) mass is 373 g/mol. The predicted octanol–water partition coefficient (Wildman–Crippen LogP) is 5.67. The van der Waals surface area contributed by atoms with E-state index in [1.54, 1.807) is 12.1 Å². The van der Waals surface area contributed by atoms with Crippen LogP contribution in [-0.2, 0) is 10.2 Å². The van der Waals surface area contributed by atoms with Gasteiger partial charge in [-0.05, 0) is 54.2 Å². The zero-order valence-electron chi connectivity index (χ0n) is 16.0. The lowest BCUT2D eigenvalue weighted by atomic mass is 9.86. The Morgan fingerprint density at radius 1 is 1.08 bits per heavy atom. The highest BCUT2D eigenvalue weighted by Crippen LogP contribution is 2.24. The summed E-state index contributed by atoms with van der Waals surface area (Å²) in [6.07, 6.45) is 1.11. The Balaban J connectivity index is 1.73. The van der Waals surface area contributed by atoms with E-state index in [9.17, 15) is 4.79 Å². The zero-order chi connectivity index (χ0) is 19.2. The Labute approximate surface area is 161 Å². The van der Waals surface area contributed by atoms with Crippen LogP contribution in [0.1, 0.15) is 57.7 Å². The average Bonchev–Trinajstić information content (AvgIpc) is 2.59. The number of rotatable bonds is 7. The highest BCUT2D eigenvalue weighted by Gasteiger charge is 2.14. The molecule has 0 aromatic heterocycles. The first kappa shape index (κ1) is 20.3. The van der Waals surface area contributed by atoms with Crippen LogP contribution in [-0.4, -0.2) is 12.5 Å². The lowest BCUT2D eigenvalue weighted by molar-refractivity contribution is -0.121. The summed E-state index contributed by atoms with van der Waals surface area (Å²) in [7, 11) is 0. The summed E-state index contributed by atoms with van der Waals surface area (Å²) in [5.41, 5.74) is 2.54. The van der Waals surface area contributed by atoms with Gasteiger partial charge in [-0.1, -0.05) is 56.6 Å². The summed E-state index contributed by atoms with van der Waals surface area (Å²) >= 11 is 5.84. The fraction of sp³-hybridized carbons (Fsp3) is 0.409. The Morgan fingerprint density at radius 3 is 2.27 bits per heavy atom. The molecule has 4 heteroatoms. The van der Waals surface area contributed by atoms with E-state index < -0.39 is 0 Å². The molecule has 3 nitrogen and oxygen atoms in total. The summed E-state index contributed by atoms with van der Waals surface area (Å²) in [6, 6.07) is 15.7. The van der Waals surface area contributed by atoms with Crippen LogP contribution in [0.25, 0.3) is 0 Å². The van der Waals surface area contributed by atoms with Crippen molar-refractivity contribution in [3.05, 3.63) is 64.7 Å². The molecule has 0 aliphatic heterocycles. The maximum atomic E-state index is 12.1. The van der Waals surface area contributed by atoms with Gasteiger partial charge in [-0.2, -0.15) is 0 Å². The molecule has 0 saturated carbocycles. The van der Waals surface area contributed by atoms with E-state index >= 15 is 0 Å². The van der Waals surface area contributed by atoms with Crippen molar-refractivity contribution in [2.45, 2.75) is 52.0 Å². The second-order valence-corrected chi connectivity index (χ2v) is 8.00. The molecule has 2 aromatic rings. The molecule has 2 rings (SSSR count). The Morgan fingerprint density at radius 2 is 1.69 bits per heavy atom. The van der Waals surface area contributed by atoms with Gasteiger partial charge < -0.3 is 10.1 Å². The molecule has 0 spiro atoms. The Bertz CT molecular complexity index is 702. The fourth-order valence-electron chi connectivity index (χ4n) is 2.62. The van der Waals surface area contributed by atoms with Crippen LogP contribution in [0.2, 0.25) is 5.02 Å². The average molecular weight is 374 g/mol. The third kappa shape index (κ3) is 6.38. The molecule has 0 heterocycles. The van der Waals surface area contributed by atoms with Crippen LogP contribution in [0.4, 0.5) is 0 Å². The molecule has 0 unspecified atom stereocenters. The minimum atomic E-state index is -0.00583. The van der Waals surface area contributed by atoms with Gasteiger partial charge in [0.1, 0.15) is 5.75 Å². The number of hydrogen-bond acceptors (Lipinski definition) is 2. The molecule has 0 radical (unpaired) electrons. The molecular formula is C22H28ClNO2. The maximum absolute atomic E-state index is 12.1. The van der Waals surface area contributed by atoms with Crippen LogP contribution < -0.4 is 10.1 Å². The molecule has 2 aromatic carbocycles. The minimum absolute atomic E-state index is 0.00583. The summed E-state index contributed by atoms with van der Waals surface area (Å²) in [5.74, 6) is 0.805. The second kappa shape index (κ2) is 9.09. The van der Waals surface area contributed by atoms with Gasteiger partial charge in [0.15, 0.2) is 0 Å². The number of hydrogen-bond donors (Lipinski definition) is 1. The zero-order valence-corrected chi connectivity index (χ0v) is 16.8. The standard InChI is InChI=1S/C22H28ClNO2/c1-16(17-7-9-18(10-8-17)22(2,3)4)24-21(25)6-5-15-26-20-13-11-19(23)12-14-20/h7-14,16H,5-6,15H2,1-4H3,(H,24,25)/t16-/m1/s1. The van der Waals surface area contributed by atoms with Crippen LogP contribution >= 0.6 is 11.6 Å². The van der Waals surface area contributed by atoms with Crippen LogP contribution in [0.5, 0.6) is 5.75 Å². The Kier molecular flexibility index (Phi) is 7.10. The molecule has 26 heavy (non-hydrogen) atoms. The van der Waals surface area contributed by atoms with E-state index in [1.165, 1.54) is 5.56 Å². The van der Waals surface area contributed by atoms with E-state index in [2.05, 4.69) is 50.4 Å². The normalized spacial score (nSPS) is 12.5. The molecule has 1 N–H and O–H groups in total. The lowest BCUT2D eigenvalue weighted by Gasteiger charge is -2.20. The molecular weight excluding hydrogens is 346 g/mol. The molecule has 0 fully saturated rings. The van der Waals surface area contributed by atoms with Gasteiger partial charge in [0.05, 0.1) is 12.6 Å². The Hall–Kier alpha value is -2.00. The topological polar surface area (TPSA) is 38.3 Å². The van der Waals surface area contributed by atoms with Crippen molar-refractivity contribution in [3.63, 3.8) is 0 Å². The van der Waals surface area contributed by atoms with Crippen molar-refractivity contribution < 1.29 is 9.53 Å². The fourth-order valence-corrected chi connectivity index (χ4v) is 2.75. The smallest absolute Gasteiger partial charge is 0.220 e. The molecule has 1 atom stereocenters. The first-order valence-electron chi connectivity index (χ1n) is 9.04.